The van der Waals surface area contributed by atoms with Crippen LogP contribution in [-0.2, 0) is 4.79 Å². The van der Waals surface area contributed by atoms with Crippen molar-refractivity contribution in [1.29, 1.82) is 0 Å². The molecule has 1 aromatic rings. The molecule has 1 aliphatic rings. The number of carbonyl (C=O) groups is 3. The molecule has 2 rings (SSSR count). The highest BCUT2D eigenvalue weighted by Crippen LogP contribution is 2.16. The van der Waals surface area contributed by atoms with Crippen LogP contribution < -0.4 is 16.0 Å². The first-order valence-corrected chi connectivity index (χ1v) is 8.66. The van der Waals surface area contributed by atoms with Crippen LogP contribution in [0.5, 0.6) is 0 Å². The first-order valence-electron chi connectivity index (χ1n) is 8.66. The van der Waals surface area contributed by atoms with E-state index in [4.69, 9.17) is 0 Å². The average molecular weight is 346 g/mol. The number of carbonyl (C=O) groups excluding carboxylic acids is 3. The third-order valence-corrected chi connectivity index (χ3v) is 3.88. The van der Waals surface area contributed by atoms with E-state index in [9.17, 15) is 14.4 Å². The summed E-state index contributed by atoms with van der Waals surface area (Å²) in [5.41, 5.74) is 1.07. The molecule has 4 amide bonds. The van der Waals surface area contributed by atoms with Crippen molar-refractivity contribution in [2.24, 2.45) is 5.92 Å². The molecule has 0 saturated carbocycles. The van der Waals surface area contributed by atoms with Gasteiger partial charge in [0.2, 0.25) is 5.91 Å². The van der Waals surface area contributed by atoms with Crippen LogP contribution in [0.2, 0.25) is 0 Å². The van der Waals surface area contributed by atoms with Crippen molar-refractivity contribution >= 4 is 23.5 Å². The fraction of sp³-hybridized carbons (Fsp3) is 0.500. The second-order valence-electron chi connectivity index (χ2n) is 6.59. The van der Waals surface area contributed by atoms with Gasteiger partial charge < -0.3 is 20.9 Å². The Morgan fingerprint density at radius 3 is 2.52 bits per heavy atom. The summed E-state index contributed by atoms with van der Waals surface area (Å²) in [6.45, 7) is 6.03. The molecule has 136 valence electrons. The van der Waals surface area contributed by atoms with Crippen LogP contribution in [0.1, 0.15) is 37.0 Å². The Morgan fingerprint density at radius 2 is 1.84 bits per heavy atom. The molecule has 0 spiro atoms. The van der Waals surface area contributed by atoms with Crippen LogP contribution in [-0.4, -0.2) is 48.9 Å². The Kier molecular flexibility index (Phi) is 6.80. The van der Waals surface area contributed by atoms with E-state index in [1.165, 1.54) is 0 Å². The number of hydrogen-bond acceptors (Lipinski definition) is 3. The van der Waals surface area contributed by atoms with E-state index in [1.54, 1.807) is 24.3 Å². The van der Waals surface area contributed by atoms with Crippen molar-refractivity contribution in [3.63, 3.8) is 0 Å². The molecule has 1 heterocycles. The second kappa shape index (κ2) is 9.05. The molecule has 0 aromatic heterocycles. The fourth-order valence-electron chi connectivity index (χ4n) is 2.55. The van der Waals surface area contributed by atoms with Gasteiger partial charge in [-0.15, -0.1) is 0 Å². The van der Waals surface area contributed by atoms with Crippen LogP contribution in [0.3, 0.4) is 0 Å². The van der Waals surface area contributed by atoms with Crippen molar-refractivity contribution < 1.29 is 14.4 Å². The van der Waals surface area contributed by atoms with E-state index in [0.717, 1.165) is 25.9 Å². The maximum atomic E-state index is 12.4. The molecule has 7 nitrogen and oxygen atoms in total. The Hall–Kier alpha value is -2.57. The Bertz CT molecular complexity index is 625. The van der Waals surface area contributed by atoms with Gasteiger partial charge in [0.25, 0.3) is 5.91 Å². The lowest BCUT2D eigenvalue weighted by Crippen LogP contribution is -2.40. The monoisotopic (exact) mass is 346 g/mol. The summed E-state index contributed by atoms with van der Waals surface area (Å²) in [6.07, 6.45) is 2.07. The predicted octanol–water partition coefficient (Wildman–Crippen LogP) is 1.82. The van der Waals surface area contributed by atoms with Gasteiger partial charge in [0.1, 0.15) is 0 Å². The molecule has 0 atom stereocenters. The number of hydrogen-bond donors (Lipinski definition) is 3. The number of rotatable bonds is 6. The minimum atomic E-state index is -0.481. The SMILES string of the molecule is CC(C)CNC(=O)CNC(=O)Nc1cccc(C(=O)N2CCCC2)c1. The predicted molar refractivity (Wildman–Crippen MR) is 96.4 cm³/mol. The first kappa shape index (κ1) is 18.8. The summed E-state index contributed by atoms with van der Waals surface area (Å²) in [5, 5.41) is 7.87. The maximum absolute atomic E-state index is 12.4. The molecule has 1 fully saturated rings. The highest BCUT2D eigenvalue weighted by Gasteiger charge is 2.19. The number of anilines is 1. The summed E-state index contributed by atoms with van der Waals surface area (Å²) in [4.78, 5) is 37.7. The van der Waals surface area contributed by atoms with Crippen LogP contribution in [0.4, 0.5) is 10.5 Å². The van der Waals surface area contributed by atoms with Crippen LogP contribution in [0, 0.1) is 5.92 Å². The van der Waals surface area contributed by atoms with Gasteiger partial charge in [-0.05, 0) is 37.0 Å². The number of amides is 4. The zero-order valence-electron chi connectivity index (χ0n) is 14.8. The lowest BCUT2D eigenvalue weighted by molar-refractivity contribution is -0.120. The van der Waals surface area contributed by atoms with Gasteiger partial charge in [-0.1, -0.05) is 19.9 Å². The van der Waals surface area contributed by atoms with E-state index < -0.39 is 6.03 Å². The standard InChI is InChI=1S/C18H26N4O3/c1-13(2)11-19-16(23)12-20-18(25)21-15-7-5-6-14(10-15)17(24)22-8-3-4-9-22/h5-7,10,13H,3-4,8-9,11-12H2,1-2H3,(H,19,23)(H2,20,21,25). The number of benzene rings is 1. The first-order chi connectivity index (χ1) is 12.0. The summed E-state index contributed by atoms with van der Waals surface area (Å²) in [7, 11) is 0. The van der Waals surface area contributed by atoms with E-state index in [2.05, 4.69) is 16.0 Å². The van der Waals surface area contributed by atoms with Gasteiger partial charge in [0.05, 0.1) is 6.54 Å². The zero-order chi connectivity index (χ0) is 18.2. The van der Waals surface area contributed by atoms with Crippen molar-refractivity contribution in [3.05, 3.63) is 29.8 Å². The third-order valence-electron chi connectivity index (χ3n) is 3.88. The minimum absolute atomic E-state index is 0.0189. The van der Waals surface area contributed by atoms with E-state index >= 15 is 0 Å². The zero-order valence-corrected chi connectivity index (χ0v) is 14.8. The van der Waals surface area contributed by atoms with E-state index in [-0.39, 0.29) is 18.4 Å². The summed E-state index contributed by atoms with van der Waals surface area (Å²) < 4.78 is 0. The highest BCUT2D eigenvalue weighted by atomic mass is 16.2. The normalized spacial score (nSPS) is 13.6. The average Bonchev–Trinajstić information content (AvgIpc) is 3.12. The van der Waals surface area contributed by atoms with E-state index in [1.807, 2.05) is 18.7 Å². The number of nitrogens with one attached hydrogen (secondary N) is 3. The third kappa shape index (κ3) is 6.10. The van der Waals surface area contributed by atoms with Gasteiger partial charge in [-0.3, -0.25) is 9.59 Å². The summed E-state index contributed by atoms with van der Waals surface area (Å²) >= 11 is 0. The van der Waals surface area contributed by atoms with Crippen molar-refractivity contribution in [2.75, 3.05) is 31.5 Å². The van der Waals surface area contributed by atoms with Crippen LogP contribution in [0.25, 0.3) is 0 Å². The Morgan fingerprint density at radius 1 is 1.12 bits per heavy atom. The van der Waals surface area contributed by atoms with Crippen LogP contribution in [0.15, 0.2) is 24.3 Å². The molecular formula is C18H26N4O3. The van der Waals surface area contributed by atoms with Crippen molar-refractivity contribution in [3.8, 4) is 0 Å². The molecule has 1 saturated heterocycles. The molecule has 7 heteroatoms. The molecule has 0 radical (unpaired) electrons. The largest absolute Gasteiger partial charge is 0.354 e. The van der Waals surface area contributed by atoms with Crippen LogP contribution >= 0.6 is 0 Å². The molecule has 25 heavy (non-hydrogen) atoms. The highest BCUT2D eigenvalue weighted by molar-refractivity contribution is 5.97. The number of urea groups is 1. The Labute approximate surface area is 148 Å². The van der Waals surface area contributed by atoms with Gasteiger partial charge >= 0.3 is 6.03 Å². The molecule has 0 unspecified atom stereocenters. The quantitative estimate of drug-likeness (QED) is 0.734. The van der Waals surface area contributed by atoms with Gasteiger partial charge in [0, 0.05) is 30.9 Å². The fourth-order valence-corrected chi connectivity index (χ4v) is 2.55. The molecule has 0 aliphatic carbocycles. The maximum Gasteiger partial charge on any atom is 0.319 e. The van der Waals surface area contributed by atoms with Gasteiger partial charge in [0.15, 0.2) is 0 Å². The van der Waals surface area contributed by atoms with Gasteiger partial charge in [-0.25, -0.2) is 4.79 Å². The lowest BCUT2D eigenvalue weighted by Gasteiger charge is -2.16. The summed E-state index contributed by atoms with van der Waals surface area (Å²) in [5.74, 6) is 0.102. The van der Waals surface area contributed by atoms with Crippen molar-refractivity contribution in [1.82, 2.24) is 15.5 Å². The van der Waals surface area contributed by atoms with Crippen molar-refractivity contribution in [2.45, 2.75) is 26.7 Å². The number of nitrogens with zero attached hydrogens (tertiary/aromatic N) is 1. The van der Waals surface area contributed by atoms with E-state index in [0.29, 0.717) is 23.7 Å². The Balaban J connectivity index is 1.83. The number of likely N-dealkylation sites (tertiary alicyclic amines) is 1. The smallest absolute Gasteiger partial charge is 0.319 e. The molecule has 1 aliphatic heterocycles. The van der Waals surface area contributed by atoms with Gasteiger partial charge in [-0.2, -0.15) is 0 Å². The second-order valence-corrected chi connectivity index (χ2v) is 6.59. The minimum Gasteiger partial charge on any atom is -0.354 e. The topological polar surface area (TPSA) is 90.5 Å². The lowest BCUT2D eigenvalue weighted by atomic mass is 10.2. The molecule has 0 bridgehead atoms. The molecular weight excluding hydrogens is 320 g/mol. The molecule has 3 N–H and O–H groups in total. The molecule has 1 aromatic carbocycles. The summed E-state index contributed by atoms with van der Waals surface area (Å²) in [6, 6.07) is 6.35.